The molecule has 1 unspecified atom stereocenters. The normalized spacial score (nSPS) is 14.8. The van der Waals surface area contributed by atoms with Gasteiger partial charge in [0.05, 0.1) is 5.69 Å². The van der Waals surface area contributed by atoms with Gasteiger partial charge < -0.3 is 5.11 Å². The number of aliphatic hydroxyl groups is 1. The molecule has 0 fully saturated rings. The van der Waals surface area contributed by atoms with Crippen LogP contribution >= 0.6 is 22.6 Å². The van der Waals surface area contributed by atoms with E-state index < -0.39 is 5.60 Å². The Labute approximate surface area is 108 Å². The van der Waals surface area contributed by atoms with E-state index in [2.05, 4.69) is 27.7 Å². The number of nitrogens with zero attached hydrogens (tertiary/aromatic N) is 2. The Morgan fingerprint density at radius 3 is 2.38 bits per heavy atom. The highest BCUT2D eigenvalue weighted by molar-refractivity contribution is 14.1. The molecule has 0 bridgehead atoms. The number of halogens is 1. The van der Waals surface area contributed by atoms with Crippen LogP contribution in [0.4, 0.5) is 0 Å². The van der Waals surface area contributed by atoms with Crippen LogP contribution in [0.3, 0.4) is 0 Å². The molecule has 0 aliphatic heterocycles. The van der Waals surface area contributed by atoms with E-state index in [1.165, 1.54) is 0 Å². The maximum absolute atomic E-state index is 10.6. The average Bonchev–Trinajstić information content (AvgIpc) is 2.66. The standard InChI is InChI=1S/C12H13IN2O/c1-12(16,11-7-8-14-15(11)2)9-3-5-10(13)6-4-9/h3-8,16H,1-2H3. The second-order valence-corrected chi connectivity index (χ2v) is 5.16. The zero-order valence-corrected chi connectivity index (χ0v) is 11.3. The first-order valence-electron chi connectivity index (χ1n) is 4.98. The van der Waals surface area contributed by atoms with Crippen LogP contribution < -0.4 is 0 Å². The lowest BCUT2D eigenvalue weighted by atomic mass is 9.92. The van der Waals surface area contributed by atoms with Gasteiger partial charge in [0, 0.05) is 16.8 Å². The van der Waals surface area contributed by atoms with Crippen molar-refractivity contribution in [2.24, 2.45) is 7.05 Å². The van der Waals surface area contributed by atoms with E-state index in [0.29, 0.717) is 0 Å². The van der Waals surface area contributed by atoms with Crippen molar-refractivity contribution in [1.29, 1.82) is 0 Å². The molecule has 0 spiro atoms. The Morgan fingerprint density at radius 1 is 1.25 bits per heavy atom. The van der Waals surface area contributed by atoms with Crippen LogP contribution in [0.25, 0.3) is 0 Å². The summed E-state index contributed by atoms with van der Waals surface area (Å²) < 4.78 is 2.85. The van der Waals surface area contributed by atoms with Crippen molar-refractivity contribution in [3.63, 3.8) is 0 Å². The lowest BCUT2D eigenvalue weighted by Crippen LogP contribution is -2.26. The van der Waals surface area contributed by atoms with Crippen molar-refractivity contribution in [1.82, 2.24) is 9.78 Å². The Hall–Kier alpha value is -0.880. The van der Waals surface area contributed by atoms with Gasteiger partial charge in [-0.2, -0.15) is 5.10 Å². The molecule has 0 saturated carbocycles. The predicted octanol–water partition coefficient (Wildman–Crippen LogP) is 2.28. The first-order chi connectivity index (χ1) is 7.51. The molecule has 4 heteroatoms. The maximum Gasteiger partial charge on any atom is 0.128 e. The van der Waals surface area contributed by atoms with Gasteiger partial charge >= 0.3 is 0 Å². The molecule has 0 amide bonds. The van der Waals surface area contributed by atoms with E-state index in [-0.39, 0.29) is 0 Å². The van der Waals surface area contributed by atoms with E-state index >= 15 is 0 Å². The van der Waals surface area contributed by atoms with Gasteiger partial charge in [-0.25, -0.2) is 0 Å². The fraction of sp³-hybridized carbons (Fsp3) is 0.250. The molecule has 1 atom stereocenters. The molecule has 1 heterocycles. The zero-order valence-electron chi connectivity index (χ0n) is 9.18. The van der Waals surface area contributed by atoms with Gasteiger partial charge in [-0.05, 0) is 53.3 Å². The first kappa shape index (κ1) is 11.6. The lowest BCUT2D eigenvalue weighted by molar-refractivity contribution is 0.0929. The van der Waals surface area contributed by atoms with E-state index in [0.717, 1.165) is 14.8 Å². The molecule has 0 radical (unpaired) electrons. The molecule has 84 valence electrons. The Balaban J connectivity index is 2.46. The highest BCUT2D eigenvalue weighted by Crippen LogP contribution is 2.28. The van der Waals surface area contributed by atoms with E-state index in [9.17, 15) is 5.11 Å². The minimum Gasteiger partial charge on any atom is -0.379 e. The van der Waals surface area contributed by atoms with Crippen LogP contribution in [0.5, 0.6) is 0 Å². The van der Waals surface area contributed by atoms with Gasteiger partial charge in [0.1, 0.15) is 5.60 Å². The molecule has 0 saturated heterocycles. The molecule has 0 aliphatic rings. The van der Waals surface area contributed by atoms with Gasteiger partial charge in [0.15, 0.2) is 0 Å². The summed E-state index contributed by atoms with van der Waals surface area (Å²) in [5, 5.41) is 14.6. The highest BCUT2D eigenvalue weighted by Gasteiger charge is 2.28. The molecule has 2 rings (SSSR count). The zero-order chi connectivity index (χ0) is 11.8. The molecule has 1 aromatic heterocycles. The molecular weight excluding hydrogens is 315 g/mol. The van der Waals surface area contributed by atoms with Gasteiger partial charge in [-0.1, -0.05) is 12.1 Å². The van der Waals surface area contributed by atoms with E-state index in [4.69, 9.17) is 0 Å². The smallest absolute Gasteiger partial charge is 0.128 e. The van der Waals surface area contributed by atoms with Gasteiger partial charge in [0.2, 0.25) is 0 Å². The third kappa shape index (κ3) is 1.99. The lowest BCUT2D eigenvalue weighted by Gasteiger charge is -2.24. The Morgan fingerprint density at radius 2 is 1.88 bits per heavy atom. The van der Waals surface area contributed by atoms with Crippen LogP contribution in [0, 0.1) is 3.57 Å². The van der Waals surface area contributed by atoms with Gasteiger partial charge in [-0.15, -0.1) is 0 Å². The van der Waals surface area contributed by atoms with Crippen LogP contribution in [-0.2, 0) is 12.6 Å². The molecule has 3 nitrogen and oxygen atoms in total. The number of hydrogen-bond acceptors (Lipinski definition) is 2. The first-order valence-corrected chi connectivity index (χ1v) is 6.06. The number of hydrogen-bond donors (Lipinski definition) is 1. The molecule has 2 aromatic rings. The molecule has 16 heavy (non-hydrogen) atoms. The van der Waals surface area contributed by atoms with Crippen LogP contribution in [0.2, 0.25) is 0 Å². The quantitative estimate of drug-likeness (QED) is 0.859. The second kappa shape index (κ2) is 4.18. The summed E-state index contributed by atoms with van der Waals surface area (Å²) in [5.74, 6) is 0. The number of benzene rings is 1. The third-order valence-corrected chi connectivity index (χ3v) is 3.45. The minimum atomic E-state index is -1.00. The number of aromatic nitrogens is 2. The van der Waals surface area contributed by atoms with E-state index in [1.54, 1.807) is 17.8 Å². The van der Waals surface area contributed by atoms with E-state index in [1.807, 2.05) is 37.4 Å². The summed E-state index contributed by atoms with van der Waals surface area (Å²) in [5.41, 5.74) is 0.653. The Bertz CT molecular complexity index is 488. The fourth-order valence-electron chi connectivity index (χ4n) is 1.77. The summed E-state index contributed by atoms with van der Waals surface area (Å²) in [4.78, 5) is 0. The largest absolute Gasteiger partial charge is 0.379 e. The molecule has 1 aromatic carbocycles. The highest BCUT2D eigenvalue weighted by atomic mass is 127. The van der Waals surface area contributed by atoms with Crippen molar-refractivity contribution in [3.8, 4) is 0 Å². The van der Waals surface area contributed by atoms with Crippen molar-refractivity contribution in [3.05, 3.63) is 51.4 Å². The Kier molecular flexibility index (Phi) is 3.03. The van der Waals surface area contributed by atoms with Crippen molar-refractivity contribution >= 4 is 22.6 Å². The summed E-state index contributed by atoms with van der Waals surface area (Å²) >= 11 is 2.25. The molecular formula is C12H13IN2O. The summed E-state index contributed by atoms with van der Waals surface area (Å²) in [6.45, 7) is 1.78. The van der Waals surface area contributed by atoms with Gasteiger partial charge in [0.25, 0.3) is 0 Å². The number of aryl methyl sites for hydroxylation is 1. The maximum atomic E-state index is 10.6. The van der Waals surface area contributed by atoms with Gasteiger partial charge in [-0.3, -0.25) is 4.68 Å². The SMILES string of the molecule is Cn1nccc1C(C)(O)c1ccc(I)cc1. The summed E-state index contributed by atoms with van der Waals surface area (Å²) in [6, 6.07) is 9.68. The second-order valence-electron chi connectivity index (χ2n) is 3.92. The van der Waals surface area contributed by atoms with Crippen LogP contribution in [0.1, 0.15) is 18.2 Å². The molecule has 0 aliphatic carbocycles. The van der Waals surface area contributed by atoms with Crippen molar-refractivity contribution in [2.75, 3.05) is 0 Å². The van der Waals surface area contributed by atoms with Crippen LogP contribution in [0.15, 0.2) is 36.5 Å². The van der Waals surface area contributed by atoms with Crippen molar-refractivity contribution < 1.29 is 5.11 Å². The third-order valence-electron chi connectivity index (χ3n) is 2.73. The summed E-state index contributed by atoms with van der Waals surface area (Å²) in [6.07, 6.45) is 1.69. The van der Waals surface area contributed by atoms with Crippen molar-refractivity contribution in [2.45, 2.75) is 12.5 Å². The minimum absolute atomic E-state index is 0.786. The molecule has 1 N–H and O–H groups in total. The average molecular weight is 328 g/mol. The fourth-order valence-corrected chi connectivity index (χ4v) is 2.13. The predicted molar refractivity (Wildman–Crippen MR) is 71.0 cm³/mol. The topological polar surface area (TPSA) is 38.0 Å². The summed E-state index contributed by atoms with van der Waals surface area (Å²) in [7, 11) is 1.83. The monoisotopic (exact) mass is 328 g/mol. The van der Waals surface area contributed by atoms with Crippen LogP contribution in [-0.4, -0.2) is 14.9 Å². The number of rotatable bonds is 2.